The van der Waals surface area contributed by atoms with Crippen molar-refractivity contribution >= 4 is 0 Å². The summed E-state index contributed by atoms with van der Waals surface area (Å²) in [6.07, 6.45) is 0. The molecule has 1 aromatic carbocycles. The first-order chi connectivity index (χ1) is 10.0. The summed E-state index contributed by atoms with van der Waals surface area (Å²) in [4.78, 5) is 0. The van der Waals surface area contributed by atoms with E-state index in [-0.39, 0.29) is 10.8 Å². The van der Waals surface area contributed by atoms with Crippen LogP contribution in [0.2, 0.25) is 0 Å². The Hall–Kier alpha value is -1.57. The summed E-state index contributed by atoms with van der Waals surface area (Å²) in [6.45, 7) is 16.3. The third-order valence-electron chi connectivity index (χ3n) is 6.67. The number of rotatable bonds is 0. The minimum absolute atomic E-state index is 0.0812. The second kappa shape index (κ2) is 4.24. The predicted molar refractivity (Wildman–Crippen MR) is 92.3 cm³/mol. The Morgan fingerprint density at radius 3 is 2.14 bits per heavy atom. The fourth-order valence-electron chi connectivity index (χ4n) is 4.14. The number of aryl methyl sites for hydroxylation is 1. The van der Waals surface area contributed by atoms with E-state index in [2.05, 4.69) is 83.8 Å². The summed E-state index contributed by atoms with van der Waals surface area (Å²) in [5.41, 5.74) is 8.77. The summed E-state index contributed by atoms with van der Waals surface area (Å²) < 4.78 is 4.76. The molecule has 0 spiro atoms. The zero-order chi connectivity index (χ0) is 16.6. The molecule has 2 aromatic rings. The molecule has 0 aliphatic heterocycles. The number of imidazole rings is 1. The van der Waals surface area contributed by atoms with Crippen LogP contribution in [0.15, 0.2) is 12.1 Å². The summed E-state index contributed by atoms with van der Waals surface area (Å²) in [6, 6.07) is 4.64. The molecule has 22 heavy (non-hydrogen) atoms. The van der Waals surface area contributed by atoms with Crippen LogP contribution >= 0.6 is 0 Å². The van der Waals surface area contributed by atoms with E-state index in [1.807, 2.05) is 0 Å². The van der Waals surface area contributed by atoms with Crippen LogP contribution in [0.4, 0.5) is 0 Å². The standard InChI is InChI=1S/C20H29N2/c1-12-10-11-15-16(13(12)2)17-18(20(6,7)19(15,4)5)22(9)14(3)21(17)8/h10-11H,1-9H3/q+1. The van der Waals surface area contributed by atoms with E-state index in [0.29, 0.717) is 0 Å². The van der Waals surface area contributed by atoms with Gasteiger partial charge in [-0.2, -0.15) is 0 Å². The van der Waals surface area contributed by atoms with E-state index in [4.69, 9.17) is 0 Å². The van der Waals surface area contributed by atoms with E-state index in [9.17, 15) is 0 Å². The van der Waals surface area contributed by atoms with Crippen LogP contribution in [0.1, 0.15) is 55.9 Å². The largest absolute Gasteiger partial charge is 0.253 e. The monoisotopic (exact) mass is 297 g/mol. The fraction of sp³-hybridized carbons (Fsp3) is 0.550. The van der Waals surface area contributed by atoms with Crippen LogP contribution in [-0.4, -0.2) is 4.57 Å². The van der Waals surface area contributed by atoms with Crippen LogP contribution in [0.25, 0.3) is 11.3 Å². The molecule has 2 heteroatoms. The van der Waals surface area contributed by atoms with Crippen molar-refractivity contribution in [2.75, 3.05) is 0 Å². The lowest BCUT2D eigenvalue weighted by Gasteiger charge is -2.45. The normalized spacial score (nSPS) is 18.0. The smallest absolute Gasteiger partial charge is 0.233 e. The lowest BCUT2D eigenvalue weighted by atomic mass is 9.57. The Kier molecular flexibility index (Phi) is 2.96. The molecule has 0 saturated heterocycles. The third-order valence-corrected chi connectivity index (χ3v) is 6.67. The van der Waals surface area contributed by atoms with Crippen molar-refractivity contribution in [2.45, 2.75) is 59.3 Å². The molecule has 3 rings (SSSR count). The van der Waals surface area contributed by atoms with E-state index >= 15 is 0 Å². The van der Waals surface area contributed by atoms with Gasteiger partial charge in [-0.1, -0.05) is 39.8 Å². The molecule has 0 unspecified atom stereocenters. The Morgan fingerprint density at radius 1 is 0.955 bits per heavy atom. The third kappa shape index (κ3) is 1.53. The van der Waals surface area contributed by atoms with Crippen LogP contribution < -0.4 is 4.57 Å². The van der Waals surface area contributed by atoms with Gasteiger partial charge in [0.2, 0.25) is 0 Å². The lowest BCUT2D eigenvalue weighted by Crippen LogP contribution is -2.46. The number of benzene rings is 1. The quantitative estimate of drug-likeness (QED) is 0.650. The molecular weight excluding hydrogens is 268 g/mol. The highest BCUT2D eigenvalue weighted by Gasteiger charge is 2.52. The number of fused-ring (bicyclic) bond motifs is 3. The Labute approximate surface area is 134 Å². The number of aromatic nitrogens is 2. The summed E-state index contributed by atoms with van der Waals surface area (Å²) in [5.74, 6) is 1.31. The lowest BCUT2D eigenvalue weighted by molar-refractivity contribution is -0.666. The molecule has 2 nitrogen and oxygen atoms in total. The van der Waals surface area contributed by atoms with Gasteiger partial charge in [0.15, 0.2) is 11.4 Å². The Balaban J connectivity index is 2.58. The van der Waals surface area contributed by atoms with Gasteiger partial charge in [0.25, 0.3) is 5.82 Å². The van der Waals surface area contributed by atoms with Gasteiger partial charge in [0, 0.05) is 23.3 Å². The van der Waals surface area contributed by atoms with Crippen molar-refractivity contribution < 1.29 is 4.57 Å². The summed E-state index contributed by atoms with van der Waals surface area (Å²) >= 11 is 0. The molecule has 0 bridgehead atoms. The predicted octanol–water partition coefficient (Wildman–Crippen LogP) is 4.01. The van der Waals surface area contributed by atoms with Crippen molar-refractivity contribution in [1.82, 2.24) is 4.57 Å². The first-order valence-corrected chi connectivity index (χ1v) is 8.20. The molecule has 1 heterocycles. The van der Waals surface area contributed by atoms with Gasteiger partial charge in [0.05, 0.1) is 14.1 Å². The van der Waals surface area contributed by atoms with Crippen LogP contribution in [0.5, 0.6) is 0 Å². The van der Waals surface area contributed by atoms with E-state index in [0.717, 1.165) is 0 Å². The Bertz CT molecular complexity index is 789. The molecule has 1 aliphatic rings. The molecule has 0 N–H and O–H groups in total. The second-order valence-corrected chi connectivity index (χ2v) is 8.04. The number of hydrogen-bond acceptors (Lipinski definition) is 0. The average molecular weight is 297 g/mol. The van der Waals surface area contributed by atoms with Gasteiger partial charge >= 0.3 is 0 Å². The zero-order valence-electron chi connectivity index (χ0n) is 15.5. The zero-order valence-corrected chi connectivity index (χ0v) is 15.5. The van der Waals surface area contributed by atoms with E-state index < -0.39 is 0 Å². The minimum Gasteiger partial charge on any atom is -0.233 e. The highest BCUT2D eigenvalue weighted by molar-refractivity contribution is 5.75. The first kappa shape index (κ1) is 15.3. The van der Waals surface area contributed by atoms with Gasteiger partial charge in [-0.25, -0.2) is 9.13 Å². The van der Waals surface area contributed by atoms with Crippen molar-refractivity contribution in [3.05, 3.63) is 40.3 Å². The summed E-state index contributed by atoms with van der Waals surface area (Å²) in [7, 11) is 4.41. The minimum atomic E-state index is 0.0812. The molecule has 1 aromatic heterocycles. The Morgan fingerprint density at radius 2 is 1.55 bits per heavy atom. The first-order valence-electron chi connectivity index (χ1n) is 8.20. The van der Waals surface area contributed by atoms with Crippen LogP contribution in [0.3, 0.4) is 0 Å². The molecule has 118 valence electrons. The summed E-state index contributed by atoms with van der Waals surface area (Å²) in [5, 5.41) is 0. The molecule has 1 aliphatic carbocycles. The van der Waals surface area contributed by atoms with Gasteiger partial charge < -0.3 is 0 Å². The number of hydrogen-bond donors (Lipinski definition) is 0. The van der Waals surface area contributed by atoms with Crippen molar-refractivity contribution in [3.63, 3.8) is 0 Å². The second-order valence-electron chi connectivity index (χ2n) is 8.04. The highest BCUT2D eigenvalue weighted by Crippen LogP contribution is 2.54. The SMILES string of the molecule is Cc1ccc2c(c1C)-c1c(n(C)c(C)[n+]1C)C(C)(C)C2(C)C. The topological polar surface area (TPSA) is 8.81 Å². The highest BCUT2D eigenvalue weighted by atomic mass is 15.2. The molecular formula is C20H29N2+. The van der Waals surface area contributed by atoms with Crippen LogP contribution in [0, 0.1) is 20.8 Å². The maximum atomic E-state index is 2.39. The van der Waals surface area contributed by atoms with Gasteiger partial charge in [-0.3, -0.25) is 0 Å². The molecule has 0 saturated carbocycles. The maximum absolute atomic E-state index is 2.39. The molecule has 0 radical (unpaired) electrons. The molecule has 0 amide bonds. The molecule has 0 atom stereocenters. The van der Waals surface area contributed by atoms with Gasteiger partial charge in [-0.05, 0) is 30.5 Å². The fourth-order valence-corrected chi connectivity index (χ4v) is 4.14. The van der Waals surface area contributed by atoms with Crippen molar-refractivity contribution in [2.24, 2.45) is 14.1 Å². The van der Waals surface area contributed by atoms with Crippen molar-refractivity contribution in [3.8, 4) is 11.3 Å². The van der Waals surface area contributed by atoms with E-state index in [1.54, 1.807) is 0 Å². The number of nitrogens with zero attached hydrogens (tertiary/aromatic N) is 2. The van der Waals surface area contributed by atoms with Gasteiger partial charge in [0.1, 0.15) is 0 Å². The van der Waals surface area contributed by atoms with Gasteiger partial charge in [-0.15, -0.1) is 0 Å². The van der Waals surface area contributed by atoms with Crippen LogP contribution in [-0.2, 0) is 24.9 Å². The van der Waals surface area contributed by atoms with Crippen molar-refractivity contribution in [1.29, 1.82) is 0 Å². The average Bonchev–Trinajstić information content (AvgIpc) is 2.65. The molecule has 0 fully saturated rings. The maximum Gasteiger partial charge on any atom is 0.253 e. The van der Waals surface area contributed by atoms with E-state index in [1.165, 1.54) is 39.5 Å².